The molecule has 15 heavy (non-hydrogen) atoms. The van der Waals surface area contributed by atoms with Gasteiger partial charge in [-0.3, -0.25) is 0 Å². The summed E-state index contributed by atoms with van der Waals surface area (Å²) in [4.78, 5) is 1.58. The van der Waals surface area contributed by atoms with E-state index in [9.17, 15) is 0 Å². The molecular weight excluding hydrogens is 202 g/mol. The van der Waals surface area contributed by atoms with Crippen LogP contribution in [-0.2, 0) is 12.0 Å². The molecule has 1 aromatic heterocycles. The van der Waals surface area contributed by atoms with E-state index >= 15 is 0 Å². The fourth-order valence-corrected chi connectivity index (χ4v) is 4.41. The molecule has 1 nitrogen and oxygen atoms in total. The van der Waals surface area contributed by atoms with Gasteiger partial charge in [0.05, 0.1) is 5.54 Å². The molecule has 0 aromatic carbocycles. The largest absolute Gasteiger partial charge is 0.306 e. The Morgan fingerprint density at radius 1 is 1.27 bits per heavy atom. The first kappa shape index (κ1) is 11.2. The van der Waals surface area contributed by atoms with E-state index in [1.54, 1.807) is 10.4 Å². The van der Waals surface area contributed by atoms with E-state index in [0.717, 1.165) is 6.54 Å². The summed E-state index contributed by atoms with van der Waals surface area (Å²) < 4.78 is 0. The third-order valence-corrected chi connectivity index (χ3v) is 4.86. The number of nitrogens with one attached hydrogen (secondary N) is 1. The van der Waals surface area contributed by atoms with Crippen molar-refractivity contribution >= 4 is 11.3 Å². The second-order valence-corrected chi connectivity index (χ2v) is 6.05. The Labute approximate surface area is 96.9 Å². The Hall–Kier alpha value is -0.340. The zero-order valence-electron chi connectivity index (χ0n) is 10.1. The molecule has 0 saturated heterocycles. The molecule has 2 heterocycles. The van der Waals surface area contributed by atoms with Crippen molar-refractivity contribution < 1.29 is 0 Å². The molecule has 0 aliphatic carbocycles. The standard InChI is InChI=1S/C13H21NS/c1-9(2)13(10(3)4)12-11(5-7-14-13)6-8-15-12/h6,8-10,14H,5,7H2,1-4H3. The minimum atomic E-state index is 0.210. The molecule has 0 fully saturated rings. The van der Waals surface area contributed by atoms with E-state index in [-0.39, 0.29) is 5.54 Å². The molecule has 1 aliphatic rings. The van der Waals surface area contributed by atoms with Crippen LogP contribution in [0.3, 0.4) is 0 Å². The van der Waals surface area contributed by atoms with Crippen molar-refractivity contribution in [1.82, 2.24) is 5.32 Å². The molecule has 84 valence electrons. The normalized spacial score (nSPS) is 19.6. The highest BCUT2D eigenvalue weighted by molar-refractivity contribution is 7.10. The smallest absolute Gasteiger partial charge is 0.0578 e. The highest BCUT2D eigenvalue weighted by atomic mass is 32.1. The molecule has 2 heteroatoms. The van der Waals surface area contributed by atoms with Crippen LogP contribution in [-0.4, -0.2) is 6.54 Å². The summed E-state index contributed by atoms with van der Waals surface area (Å²) in [6.07, 6.45) is 1.19. The van der Waals surface area contributed by atoms with Crippen LogP contribution in [0.2, 0.25) is 0 Å². The predicted molar refractivity (Wildman–Crippen MR) is 67.4 cm³/mol. The second kappa shape index (κ2) is 3.91. The molecular formula is C13H21NS. The molecule has 0 spiro atoms. The van der Waals surface area contributed by atoms with E-state index in [1.165, 1.54) is 6.42 Å². The van der Waals surface area contributed by atoms with Crippen LogP contribution in [0.1, 0.15) is 38.1 Å². The lowest BCUT2D eigenvalue weighted by atomic mass is 9.72. The minimum absolute atomic E-state index is 0.210. The molecule has 0 bridgehead atoms. The van der Waals surface area contributed by atoms with E-state index in [2.05, 4.69) is 44.5 Å². The molecule has 0 amide bonds. The second-order valence-electron chi connectivity index (χ2n) is 5.13. The highest BCUT2D eigenvalue weighted by Gasteiger charge is 2.42. The fourth-order valence-electron chi connectivity index (χ4n) is 2.98. The summed E-state index contributed by atoms with van der Waals surface area (Å²) >= 11 is 1.93. The van der Waals surface area contributed by atoms with Gasteiger partial charge in [-0.05, 0) is 35.3 Å². The van der Waals surface area contributed by atoms with Crippen molar-refractivity contribution in [2.45, 2.75) is 39.7 Å². The first-order valence-electron chi connectivity index (χ1n) is 5.91. The number of rotatable bonds is 2. The van der Waals surface area contributed by atoms with Crippen molar-refractivity contribution in [3.63, 3.8) is 0 Å². The van der Waals surface area contributed by atoms with Crippen molar-refractivity contribution in [2.24, 2.45) is 11.8 Å². The Balaban J connectivity index is 2.52. The maximum absolute atomic E-state index is 3.78. The van der Waals surface area contributed by atoms with Gasteiger partial charge < -0.3 is 5.32 Å². The van der Waals surface area contributed by atoms with Crippen LogP contribution in [0.25, 0.3) is 0 Å². The Kier molecular flexibility index (Phi) is 2.91. The van der Waals surface area contributed by atoms with Crippen molar-refractivity contribution in [3.8, 4) is 0 Å². The first-order chi connectivity index (χ1) is 7.09. The number of hydrogen-bond donors (Lipinski definition) is 1. The van der Waals surface area contributed by atoms with Crippen LogP contribution >= 0.6 is 11.3 Å². The fraction of sp³-hybridized carbons (Fsp3) is 0.692. The zero-order valence-corrected chi connectivity index (χ0v) is 10.9. The lowest BCUT2D eigenvalue weighted by Gasteiger charge is -2.45. The third kappa shape index (κ3) is 1.55. The van der Waals surface area contributed by atoms with Gasteiger partial charge in [-0.15, -0.1) is 11.3 Å². The maximum atomic E-state index is 3.78. The van der Waals surface area contributed by atoms with Gasteiger partial charge in [-0.2, -0.15) is 0 Å². The lowest BCUT2D eigenvalue weighted by Crippen LogP contribution is -2.53. The Morgan fingerprint density at radius 2 is 1.93 bits per heavy atom. The third-order valence-electron chi connectivity index (χ3n) is 3.76. The van der Waals surface area contributed by atoms with E-state index in [4.69, 9.17) is 0 Å². The highest BCUT2D eigenvalue weighted by Crippen LogP contribution is 2.43. The van der Waals surface area contributed by atoms with Crippen LogP contribution in [0.4, 0.5) is 0 Å². The summed E-state index contributed by atoms with van der Waals surface area (Å²) in [6.45, 7) is 10.5. The molecule has 1 N–H and O–H groups in total. The Morgan fingerprint density at radius 3 is 2.53 bits per heavy atom. The van der Waals surface area contributed by atoms with Gasteiger partial charge in [0, 0.05) is 11.4 Å². The van der Waals surface area contributed by atoms with Gasteiger partial charge in [0.15, 0.2) is 0 Å². The molecule has 2 rings (SSSR count). The molecule has 0 atom stereocenters. The topological polar surface area (TPSA) is 12.0 Å². The molecule has 0 unspecified atom stereocenters. The van der Waals surface area contributed by atoms with Crippen LogP contribution in [0.5, 0.6) is 0 Å². The Bertz CT molecular complexity index is 330. The lowest BCUT2D eigenvalue weighted by molar-refractivity contribution is 0.159. The van der Waals surface area contributed by atoms with Crippen LogP contribution in [0, 0.1) is 11.8 Å². The zero-order chi connectivity index (χ0) is 11.1. The van der Waals surface area contributed by atoms with Crippen LogP contribution in [0.15, 0.2) is 11.4 Å². The average molecular weight is 223 g/mol. The maximum Gasteiger partial charge on any atom is 0.0578 e. The number of hydrogen-bond acceptors (Lipinski definition) is 2. The summed E-state index contributed by atoms with van der Waals surface area (Å²) in [6, 6.07) is 2.31. The van der Waals surface area contributed by atoms with Crippen molar-refractivity contribution in [3.05, 3.63) is 21.9 Å². The van der Waals surface area contributed by atoms with E-state index < -0.39 is 0 Å². The number of fused-ring (bicyclic) bond motifs is 1. The SMILES string of the molecule is CC(C)C1(C(C)C)NCCc2ccsc21. The summed E-state index contributed by atoms with van der Waals surface area (Å²) in [7, 11) is 0. The molecule has 0 saturated carbocycles. The van der Waals surface area contributed by atoms with Crippen molar-refractivity contribution in [1.29, 1.82) is 0 Å². The summed E-state index contributed by atoms with van der Waals surface area (Å²) in [5, 5.41) is 6.03. The monoisotopic (exact) mass is 223 g/mol. The van der Waals surface area contributed by atoms with Gasteiger partial charge in [0.25, 0.3) is 0 Å². The predicted octanol–water partition coefficient (Wildman–Crippen LogP) is 3.40. The summed E-state index contributed by atoms with van der Waals surface area (Å²) in [5.74, 6) is 1.30. The quantitative estimate of drug-likeness (QED) is 0.810. The number of thiophene rings is 1. The molecule has 1 aromatic rings. The summed E-state index contributed by atoms with van der Waals surface area (Å²) in [5.41, 5.74) is 1.78. The van der Waals surface area contributed by atoms with Gasteiger partial charge in [-0.25, -0.2) is 0 Å². The molecule has 0 radical (unpaired) electrons. The van der Waals surface area contributed by atoms with Gasteiger partial charge in [-0.1, -0.05) is 27.7 Å². The van der Waals surface area contributed by atoms with E-state index in [0.29, 0.717) is 11.8 Å². The van der Waals surface area contributed by atoms with E-state index in [1.807, 2.05) is 11.3 Å². The average Bonchev–Trinajstić information content (AvgIpc) is 2.63. The van der Waals surface area contributed by atoms with Gasteiger partial charge in [0.2, 0.25) is 0 Å². The van der Waals surface area contributed by atoms with Crippen LogP contribution < -0.4 is 5.32 Å². The van der Waals surface area contributed by atoms with Gasteiger partial charge >= 0.3 is 0 Å². The van der Waals surface area contributed by atoms with Gasteiger partial charge in [0.1, 0.15) is 0 Å². The molecule has 1 aliphatic heterocycles. The first-order valence-corrected chi connectivity index (χ1v) is 6.79. The minimum Gasteiger partial charge on any atom is -0.306 e. The van der Waals surface area contributed by atoms with Crippen molar-refractivity contribution in [2.75, 3.05) is 6.54 Å².